The summed E-state index contributed by atoms with van der Waals surface area (Å²) in [6.07, 6.45) is 3.13. The van der Waals surface area contributed by atoms with Crippen molar-refractivity contribution in [2.75, 3.05) is 24.6 Å². The van der Waals surface area contributed by atoms with Gasteiger partial charge in [0.2, 0.25) is 0 Å². The molecule has 0 aliphatic heterocycles. The molecule has 9 heteroatoms. The number of rotatable bonds is 9. The van der Waals surface area contributed by atoms with Gasteiger partial charge in [-0.05, 0) is 45.0 Å². The number of anilines is 1. The average molecular weight is 383 g/mol. The number of nitrogens with zero attached hydrogens (tertiary/aromatic N) is 3. The molecule has 25 heavy (non-hydrogen) atoms. The van der Waals surface area contributed by atoms with Crippen molar-refractivity contribution < 1.29 is 13.2 Å². The third-order valence-corrected chi connectivity index (χ3v) is 5.59. The first kappa shape index (κ1) is 19.2. The van der Waals surface area contributed by atoms with Crippen molar-refractivity contribution in [2.45, 2.75) is 25.7 Å². The van der Waals surface area contributed by atoms with Crippen LogP contribution in [0.15, 0.2) is 40.5 Å². The van der Waals surface area contributed by atoms with Crippen LogP contribution >= 0.6 is 11.3 Å². The average Bonchev–Trinajstić information content (AvgIpc) is 3.05. The Morgan fingerprint density at radius 2 is 1.92 bits per heavy atom. The van der Waals surface area contributed by atoms with Crippen LogP contribution in [0, 0.1) is 0 Å². The number of hydrogen-bond acceptors (Lipinski definition) is 7. The molecule has 0 aliphatic carbocycles. The van der Waals surface area contributed by atoms with Crippen LogP contribution in [-0.2, 0) is 10.0 Å². The molecule has 2 aromatic rings. The number of benzene rings is 1. The summed E-state index contributed by atoms with van der Waals surface area (Å²) >= 11 is 1.46. The topological polar surface area (TPSA) is 83.9 Å². The maximum absolute atomic E-state index is 12.2. The van der Waals surface area contributed by atoms with E-state index in [0.717, 1.165) is 23.1 Å². The van der Waals surface area contributed by atoms with E-state index in [2.05, 4.69) is 33.7 Å². The van der Waals surface area contributed by atoms with Gasteiger partial charge in [0.05, 0.1) is 22.6 Å². The molecule has 0 atom stereocenters. The van der Waals surface area contributed by atoms with Gasteiger partial charge in [0, 0.05) is 19.3 Å². The van der Waals surface area contributed by atoms with E-state index >= 15 is 0 Å². The summed E-state index contributed by atoms with van der Waals surface area (Å²) in [4.78, 5) is 9.55. The van der Waals surface area contributed by atoms with Crippen molar-refractivity contribution in [1.29, 1.82) is 0 Å². The van der Waals surface area contributed by atoms with Crippen molar-refractivity contribution in [3.05, 3.63) is 35.3 Å². The molecule has 0 radical (unpaired) electrons. The van der Waals surface area contributed by atoms with Crippen LogP contribution in [0.4, 0.5) is 5.13 Å². The molecule has 0 unspecified atom stereocenters. The fourth-order valence-corrected chi connectivity index (χ4v) is 3.78. The molecule has 0 bridgehead atoms. The summed E-state index contributed by atoms with van der Waals surface area (Å²) in [5.41, 5.74) is 0. The first-order valence-corrected chi connectivity index (χ1v) is 10.3. The lowest BCUT2D eigenvalue weighted by Crippen LogP contribution is -2.21. The summed E-state index contributed by atoms with van der Waals surface area (Å²) in [7, 11) is -3.71. The lowest BCUT2D eigenvalue weighted by atomic mass is 10.3. The normalized spacial score (nSPS) is 11.6. The van der Waals surface area contributed by atoms with Crippen LogP contribution in [0.1, 0.15) is 25.6 Å². The summed E-state index contributed by atoms with van der Waals surface area (Å²) in [6.45, 7) is 8.24. The van der Waals surface area contributed by atoms with Gasteiger partial charge in [-0.25, -0.2) is 9.82 Å². The summed E-state index contributed by atoms with van der Waals surface area (Å²) in [6, 6.07) is 6.19. The maximum Gasteiger partial charge on any atom is 0.276 e. The standard InChI is InChI=1S/C16H22N4O3S2/c1-4-20(5-2)16-17-11-14(24-16)12-18-19-25(21,22)15-9-7-13(8-10-15)23-6-3/h7-12,19H,4-6H2,1-3H3/b18-12-. The highest BCUT2D eigenvalue weighted by Gasteiger charge is 2.13. The number of ether oxygens (including phenoxy) is 1. The second-order valence-electron chi connectivity index (χ2n) is 4.97. The number of hydrazone groups is 1. The zero-order chi connectivity index (χ0) is 18.3. The fourth-order valence-electron chi connectivity index (χ4n) is 2.07. The largest absolute Gasteiger partial charge is 0.494 e. The van der Waals surface area contributed by atoms with Gasteiger partial charge in [-0.15, -0.1) is 0 Å². The van der Waals surface area contributed by atoms with Crippen molar-refractivity contribution in [1.82, 2.24) is 9.82 Å². The fraction of sp³-hybridized carbons (Fsp3) is 0.375. The van der Waals surface area contributed by atoms with Crippen LogP contribution in [-0.4, -0.2) is 39.3 Å². The lowest BCUT2D eigenvalue weighted by molar-refractivity contribution is 0.340. The van der Waals surface area contributed by atoms with E-state index in [9.17, 15) is 8.42 Å². The van der Waals surface area contributed by atoms with E-state index in [1.165, 1.54) is 29.7 Å². The highest BCUT2D eigenvalue weighted by atomic mass is 32.2. The summed E-state index contributed by atoms with van der Waals surface area (Å²) in [5.74, 6) is 0.624. The van der Waals surface area contributed by atoms with E-state index in [0.29, 0.717) is 12.4 Å². The maximum atomic E-state index is 12.2. The highest BCUT2D eigenvalue weighted by Crippen LogP contribution is 2.21. The van der Waals surface area contributed by atoms with E-state index in [1.807, 2.05) is 6.92 Å². The highest BCUT2D eigenvalue weighted by molar-refractivity contribution is 7.89. The molecule has 2 rings (SSSR count). The van der Waals surface area contributed by atoms with E-state index in [1.54, 1.807) is 18.3 Å². The Bertz CT molecular complexity index is 797. The van der Waals surface area contributed by atoms with Gasteiger partial charge in [-0.3, -0.25) is 0 Å². The Balaban J connectivity index is 2.02. The third kappa shape index (κ3) is 5.17. The smallest absolute Gasteiger partial charge is 0.276 e. The quantitative estimate of drug-likeness (QED) is 0.532. The Kier molecular flexibility index (Phi) is 6.77. The molecule has 0 saturated heterocycles. The van der Waals surface area contributed by atoms with Gasteiger partial charge in [0.1, 0.15) is 5.75 Å². The van der Waals surface area contributed by atoms with Crippen molar-refractivity contribution >= 4 is 32.7 Å². The number of thiazole rings is 1. The Hall–Kier alpha value is -2.13. The first-order chi connectivity index (χ1) is 12.0. The molecule has 1 heterocycles. The van der Waals surface area contributed by atoms with E-state index in [4.69, 9.17) is 4.74 Å². The molecule has 0 amide bonds. The van der Waals surface area contributed by atoms with Gasteiger partial charge in [-0.1, -0.05) is 11.3 Å². The number of aromatic nitrogens is 1. The number of hydrogen-bond donors (Lipinski definition) is 1. The Morgan fingerprint density at radius 3 is 2.52 bits per heavy atom. The second-order valence-corrected chi connectivity index (χ2v) is 7.68. The molecule has 1 aromatic heterocycles. The minimum absolute atomic E-state index is 0.126. The molecule has 1 aromatic carbocycles. The van der Waals surface area contributed by atoms with E-state index < -0.39 is 10.0 Å². The van der Waals surface area contributed by atoms with Crippen LogP contribution in [0.2, 0.25) is 0 Å². The molecular formula is C16H22N4O3S2. The number of nitrogens with one attached hydrogen (secondary N) is 1. The molecule has 0 saturated carbocycles. The molecular weight excluding hydrogens is 360 g/mol. The van der Waals surface area contributed by atoms with Crippen LogP contribution in [0.5, 0.6) is 5.75 Å². The predicted octanol–water partition coefficient (Wildman–Crippen LogP) is 2.70. The Labute approximate surface area is 152 Å². The first-order valence-electron chi connectivity index (χ1n) is 7.98. The van der Waals surface area contributed by atoms with Crippen molar-refractivity contribution in [2.24, 2.45) is 5.10 Å². The van der Waals surface area contributed by atoms with Gasteiger partial charge in [-0.2, -0.15) is 13.5 Å². The minimum Gasteiger partial charge on any atom is -0.494 e. The summed E-state index contributed by atoms with van der Waals surface area (Å²) < 4.78 is 29.7. The van der Waals surface area contributed by atoms with Gasteiger partial charge in [0.25, 0.3) is 10.0 Å². The van der Waals surface area contributed by atoms with E-state index in [-0.39, 0.29) is 4.90 Å². The van der Waals surface area contributed by atoms with Gasteiger partial charge >= 0.3 is 0 Å². The van der Waals surface area contributed by atoms with Crippen LogP contribution < -0.4 is 14.5 Å². The molecule has 0 aliphatic rings. The lowest BCUT2D eigenvalue weighted by Gasteiger charge is -2.16. The molecule has 0 fully saturated rings. The van der Waals surface area contributed by atoms with Crippen molar-refractivity contribution in [3.63, 3.8) is 0 Å². The Morgan fingerprint density at radius 1 is 1.24 bits per heavy atom. The zero-order valence-electron chi connectivity index (χ0n) is 14.5. The monoisotopic (exact) mass is 382 g/mol. The summed E-state index contributed by atoms with van der Waals surface area (Å²) in [5, 5.41) is 4.72. The van der Waals surface area contributed by atoms with Gasteiger partial charge in [0.15, 0.2) is 5.13 Å². The third-order valence-electron chi connectivity index (χ3n) is 3.36. The van der Waals surface area contributed by atoms with Crippen molar-refractivity contribution in [3.8, 4) is 5.75 Å². The predicted molar refractivity (Wildman–Crippen MR) is 101 cm³/mol. The van der Waals surface area contributed by atoms with Crippen LogP contribution in [0.3, 0.4) is 0 Å². The molecule has 0 spiro atoms. The molecule has 136 valence electrons. The SMILES string of the molecule is CCOc1ccc(S(=O)(=O)N/N=C\c2cnc(N(CC)CC)s2)cc1. The van der Waals surface area contributed by atoms with Gasteiger partial charge < -0.3 is 9.64 Å². The second kappa shape index (κ2) is 8.82. The number of sulfonamides is 1. The minimum atomic E-state index is -3.71. The molecule has 1 N–H and O–H groups in total. The van der Waals surface area contributed by atoms with Crippen LogP contribution in [0.25, 0.3) is 0 Å². The molecule has 7 nitrogen and oxygen atoms in total. The zero-order valence-corrected chi connectivity index (χ0v) is 16.1.